The summed E-state index contributed by atoms with van der Waals surface area (Å²) in [6.07, 6.45) is 9.52. The minimum absolute atomic E-state index is 0.0134. The van der Waals surface area contributed by atoms with Gasteiger partial charge in [-0.15, -0.1) is 0 Å². The third kappa shape index (κ3) is 14.2. The van der Waals surface area contributed by atoms with E-state index in [9.17, 15) is 4.79 Å². The number of carbonyl (C=O) groups is 1. The predicted octanol–water partition coefficient (Wildman–Crippen LogP) is 5.99. The lowest BCUT2D eigenvalue weighted by atomic mass is 9.92. The van der Waals surface area contributed by atoms with Gasteiger partial charge in [-0.3, -0.25) is 4.79 Å². The molecule has 0 radical (unpaired) electrons. The van der Waals surface area contributed by atoms with Crippen molar-refractivity contribution in [1.29, 1.82) is 0 Å². The maximum atomic E-state index is 11.5. The summed E-state index contributed by atoms with van der Waals surface area (Å²) < 4.78 is 5.17. The van der Waals surface area contributed by atoms with Crippen LogP contribution in [0.2, 0.25) is 0 Å². The van der Waals surface area contributed by atoms with Gasteiger partial charge in [-0.05, 0) is 38.0 Å². The summed E-state index contributed by atoms with van der Waals surface area (Å²) >= 11 is 0. The van der Waals surface area contributed by atoms with Gasteiger partial charge in [0.25, 0.3) is 0 Å². The molecule has 2 atom stereocenters. The van der Waals surface area contributed by atoms with Crippen LogP contribution in [0.25, 0.3) is 0 Å². The molecule has 0 saturated carbocycles. The second kappa shape index (κ2) is 12.1. The number of carbonyl (C=O) groups excluding carboxylic acids is 1. The summed E-state index contributed by atoms with van der Waals surface area (Å²) in [6, 6.07) is 0. The highest BCUT2D eigenvalue weighted by molar-refractivity contribution is 5.69. The maximum absolute atomic E-state index is 11.5. The fraction of sp³-hybridized carbons (Fsp3) is 0.947. The van der Waals surface area contributed by atoms with Crippen molar-refractivity contribution in [2.24, 2.45) is 17.8 Å². The Morgan fingerprint density at radius 2 is 1.24 bits per heavy atom. The molecule has 0 aliphatic heterocycles. The smallest absolute Gasteiger partial charge is 0.306 e. The highest BCUT2D eigenvalue weighted by Gasteiger charge is 2.10. The van der Waals surface area contributed by atoms with E-state index in [0.717, 1.165) is 18.3 Å². The van der Waals surface area contributed by atoms with E-state index in [2.05, 4.69) is 27.7 Å². The first-order valence-corrected chi connectivity index (χ1v) is 9.00. The molecule has 0 amide bonds. The Hall–Kier alpha value is -0.530. The maximum Gasteiger partial charge on any atom is 0.306 e. The van der Waals surface area contributed by atoms with Gasteiger partial charge in [0.2, 0.25) is 0 Å². The van der Waals surface area contributed by atoms with Crippen molar-refractivity contribution < 1.29 is 9.53 Å². The average molecular weight is 299 g/mol. The lowest BCUT2D eigenvalue weighted by molar-refractivity contribution is -0.147. The summed E-state index contributed by atoms with van der Waals surface area (Å²) in [6.45, 7) is 13.0. The van der Waals surface area contributed by atoms with Crippen molar-refractivity contribution in [1.82, 2.24) is 0 Å². The summed E-state index contributed by atoms with van der Waals surface area (Å²) in [7, 11) is 0. The predicted molar refractivity (Wildman–Crippen MR) is 91.3 cm³/mol. The molecule has 21 heavy (non-hydrogen) atoms. The molecule has 0 N–H and O–H groups in total. The Morgan fingerprint density at radius 1 is 0.762 bits per heavy atom. The van der Waals surface area contributed by atoms with Gasteiger partial charge in [0.1, 0.15) is 0 Å². The molecule has 0 aromatic carbocycles. The van der Waals surface area contributed by atoms with Crippen molar-refractivity contribution >= 4 is 5.97 Å². The van der Waals surface area contributed by atoms with Gasteiger partial charge in [0, 0.05) is 6.42 Å². The molecule has 0 spiro atoms. The van der Waals surface area contributed by atoms with Crippen molar-refractivity contribution in [3.05, 3.63) is 0 Å². The number of hydrogen-bond donors (Lipinski definition) is 0. The van der Waals surface area contributed by atoms with Gasteiger partial charge in [-0.1, -0.05) is 66.2 Å². The fourth-order valence-electron chi connectivity index (χ4n) is 2.66. The van der Waals surface area contributed by atoms with Gasteiger partial charge in [-0.2, -0.15) is 0 Å². The van der Waals surface area contributed by atoms with Crippen LogP contribution in [0.4, 0.5) is 0 Å². The summed E-state index contributed by atoms with van der Waals surface area (Å²) in [4.78, 5) is 11.5. The number of hydrogen-bond acceptors (Lipinski definition) is 2. The van der Waals surface area contributed by atoms with Crippen molar-refractivity contribution in [2.45, 2.75) is 99.0 Å². The zero-order chi connectivity index (χ0) is 16.3. The molecule has 0 rings (SSSR count). The first-order chi connectivity index (χ1) is 9.81. The number of esters is 1. The van der Waals surface area contributed by atoms with E-state index in [0.29, 0.717) is 12.3 Å². The Morgan fingerprint density at radius 3 is 1.71 bits per heavy atom. The minimum atomic E-state index is -0.0427. The van der Waals surface area contributed by atoms with Crippen molar-refractivity contribution in [3.8, 4) is 0 Å². The summed E-state index contributed by atoms with van der Waals surface area (Å²) in [5.41, 5.74) is 0. The third-order valence-corrected chi connectivity index (χ3v) is 4.08. The Labute approximate surface area is 133 Å². The van der Waals surface area contributed by atoms with Crippen molar-refractivity contribution in [3.63, 3.8) is 0 Å². The van der Waals surface area contributed by atoms with Crippen LogP contribution >= 0.6 is 0 Å². The average Bonchev–Trinajstić information content (AvgIpc) is 2.35. The Kier molecular flexibility index (Phi) is 11.8. The van der Waals surface area contributed by atoms with Gasteiger partial charge < -0.3 is 4.74 Å². The molecule has 0 aliphatic carbocycles. The van der Waals surface area contributed by atoms with Gasteiger partial charge in [0.15, 0.2) is 0 Å². The third-order valence-electron chi connectivity index (χ3n) is 4.08. The van der Waals surface area contributed by atoms with Crippen LogP contribution in [0.1, 0.15) is 92.9 Å². The highest BCUT2D eigenvalue weighted by Crippen LogP contribution is 2.21. The van der Waals surface area contributed by atoms with Crippen LogP contribution in [0.3, 0.4) is 0 Å². The van der Waals surface area contributed by atoms with E-state index in [1.165, 1.54) is 38.5 Å². The second-order valence-corrected chi connectivity index (χ2v) is 7.54. The molecule has 0 heterocycles. The zero-order valence-electron chi connectivity index (χ0n) is 15.3. The molecule has 0 bridgehead atoms. The van der Waals surface area contributed by atoms with Gasteiger partial charge in [-0.25, -0.2) is 0 Å². The van der Waals surface area contributed by atoms with Crippen LogP contribution in [0, 0.1) is 17.8 Å². The summed E-state index contributed by atoms with van der Waals surface area (Å²) in [5, 5.41) is 0. The van der Waals surface area contributed by atoms with Gasteiger partial charge >= 0.3 is 5.97 Å². The largest absolute Gasteiger partial charge is 0.463 e. The fourth-order valence-corrected chi connectivity index (χ4v) is 2.66. The minimum Gasteiger partial charge on any atom is -0.463 e. The number of ether oxygens (including phenoxy) is 1. The summed E-state index contributed by atoms with van der Waals surface area (Å²) in [5.74, 6) is 2.27. The molecule has 126 valence electrons. The van der Waals surface area contributed by atoms with E-state index in [1.807, 2.05) is 13.8 Å². The molecule has 0 aromatic rings. The number of rotatable bonds is 12. The first-order valence-electron chi connectivity index (χ1n) is 9.00. The lowest BCUT2D eigenvalue weighted by Crippen LogP contribution is -2.12. The van der Waals surface area contributed by atoms with Crippen LogP contribution in [-0.4, -0.2) is 12.1 Å². The highest BCUT2D eigenvalue weighted by atomic mass is 16.5. The Balaban J connectivity index is 3.56. The molecule has 0 saturated heterocycles. The van der Waals surface area contributed by atoms with E-state index in [-0.39, 0.29) is 12.1 Å². The van der Waals surface area contributed by atoms with Crippen LogP contribution in [0.15, 0.2) is 0 Å². The Bertz CT molecular complexity index is 258. The van der Waals surface area contributed by atoms with E-state index in [1.54, 1.807) is 0 Å². The lowest BCUT2D eigenvalue weighted by Gasteiger charge is -2.15. The van der Waals surface area contributed by atoms with Crippen LogP contribution < -0.4 is 0 Å². The molecule has 0 aromatic heterocycles. The SMILES string of the molecule is CC(C)CCCC(C)CCCC(C)CCC(=O)OC(C)C. The molecule has 2 nitrogen and oxygen atoms in total. The molecule has 0 fully saturated rings. The molecule has 2 unspecified atom stereocenters. The zero-order valence-corrected chi connectivity index (χ0v) is 15.3. The topological polar surface area (TPSA) is 26.3 Å². The monoisotopic (exact) mass is 298 g/mol. The molecule has 0 aliphatic rings. The van der Waals surface area contributed by atoms with Crippen LogP contribution in [-0.2, 0) is 9.53 Å². The molecular formula is C19H38O2. The standard InChI is InChI=1S/C19H38O2/c1-15(2)9-7-10-17(5)11-8-12-18(6)13-14-19(20)21-16(3)4/h15-18H,7-14H2,1-6H3. The van der Waals surface area contributed by atoms with E-state index >= 15 is 0 Å². The van der Waals surface area contributed by atoms with Crippen molar-refractivity contribution in [2.75, 3.05) is 0 Å². The quantitative estimate of drug-likeness (QED) is 0.414. The van der Waals surface area contributed by atoms with Crippen LogP contribution in [0.5, 0.6) is 0 Å². The molecule has 2 heteroatoms. The first kappa shape index (κ1) is 20.5. The van der Waals surface area contributed by atoms with Gasteiger partial charge in [0.05, 0.1) is 6.10 Å². The van der Waals surface area contributed by atoms with E-state index < -0.39 is 0 Å². The normalized spacial score (nSPS) is 14.5. The van der Waals surface area contributed by atoms with E-state index in [4.69, 9.17) is 4.74 Å². The molecular weight excluding hydrogens is 260 g/mol. The second-order valence-electron chi connectivity index (χ2n) is 7.54.